The normalized spacial score (nSPS) is 14.7. The molecule has 1 aromatic rings. The number of hydrogen-bond acceptors (Lipinski definition) is 4. The minimum atomic E-state index is -0.507. The van der Waals surface area contributed by atoms with Gasteiger partial charge in [-0.1, -0.05) is 24.3 Å². The van der Waals surface area contributed by atoms with Crippen molar-refractivity contribution in [3.63, 3.8) is 0 Å². The summed E-state index contributed by atoms with van der Waals surface area (Å²) >= 11 is 0. The van der Waals surface area contributed by atoms with Gasteiger partial charge in [-0.2, -0.15) is 0 Å². The van der Waals surface area contributed by atoms with Crippen molar-refractivity contribution < 1.29 is 14.7 Å². The maximum Gasteiger partial charge on any atom is 0.321 e. The lowest BCUT2D eigenvalue weighted by Gasteiger charge is -2.25. The fourth-order valence-corrected chi connectivity index (χ4v) is 2.37. The first kappa shape index (κ1) is 16.8. The maximum absolute atomic E-state index is 11.8. The number of phenols is 1. The molecule has 0 spiro atoms. The van der Waals surface area contributed by atoms with Gasteiger partial charge in [-0.15, -0.1) is 6.58 Å². The van der Waals surface area contributed by atoms with Gasteiger partial charge in [-0.25, -0.2) is 4.79 Å². The quantitative estimate of drug-likeness (QED) is 0.719. The number of rotatable bonds is 5. The second-order valence-corrected chi connectivity index (χ2v) is 5.31. The number of hydrogen-bond donors (Lipinski definition) is 3. The van der Waals surface area contributed by atoms with Gasteiger partial charge in [0.1, 0.15) is 5.75 Å². The number of urea groups is 1. The smallest absolute Gasteiger partial charge is 0.321 e. The molecule has 0 bridgehead atoms. The van der Waals surface area contributed by atoms with Crippen LogP contribution in [0.3, 0.4) is 0 Å². The highest BCUT2D eigenvalue weighted by atomic mass is 16.3. The third kappa shape index (κ3) is 5.27. The highest BCUT2D eigenvalue weighted by molar-refractivity contribution is 5.95. The van der Waals surface area contributed by atoms with Crippen LogP contribution in [0.5, 0.6) is 5.75 Å². The number of amides is 3. The molecule has 0 radical (unpaired) electrons. The summed E-state index contributed by atoms with van der Waals surface area (Å²) in [6, 6.07) is 6.59. The monoisotopic (exact) mass is 315 g/mol. The molecule has 0 aliphatic carbocycles. The average Bonchev–Trinajstić information content (AvgIpc) is 2.54. The van der Waals surface area contributed by atoms with Gasteiger partial charge in [0.15, 0.2) is 0 Å². The highest BCUT2D eigenvalue weighted by Gasteiger charge is 2.16. The van der Waals surface area contributed by atoms with Crippen molar-refractivity contribution in [3.05, 3.63) is 48.6 Å². The molecule has 1 heterocycles. The molecule has 6 heteroatoms. The van der Waals surface area contributed by atoms with Crippen LogP contribution in [-0.2, 0) is 4.79 Å². The van der Waals surface area contributed by atoms with Gasteiger partial charge in [-0.05, 0) is 29.7 Å². The third-order valence-corrected chi connectivity index (χ3v) is 3.56. The summed E-state index contributed by atoms with van der Waals surface area (Å²) in [5, 5.41) is 14.1. The van der Waals surface area contributed by atoms with Crippen LogP contribution >= 0.6 is 0 Å². The Morgan fingerprint density at radius 2 is 2.04 bits per heavy atom. The molecule has 122 valence electrons. The zero-order chi connectivity index (χ0) is 16.7. The van der Waals surface area contributed by atoms with Gasteiger partial charge in [0, 0.05) is 19.6 Å². The molecule has 0 fully saturated rings. The number of imide groups is 1. The zero-order valence-corrected chi connectivity index (χ0v) is 12.9. The van der Waals surface area contributed by atoms with Crippen LogP contribution in [0.1, 0.15) is 12.0 Å². The number of phenolic OH excluding ortho intramolecular Hbond substituents is 1. The van der Waals surface area contributed by atoms with Crippen molar-refractivity contribution in [2.45, 2.75) is 6.42 Å². The molecule has 0 saturated heterocycles. The fourth-order valence-electron chi connectivity index (χ4n) is 2.37. The van der Waals surface area contributed by atoms with Gasteiger partial charge in [-0.3, -0.25) is 15.0 Å². The largest absolute Gasteiger partial charge is 0.508 e. The predicted octanol–water partition coefficient (Wildman–Crippen LogP) is 1.49. The van der Waals surface area contributed by atoms with Gasteiger partial charge < -0.3 is 10.4 Å². The Hall–Kier alpha value is -2.60. The maximum atomic E-state index is 11.8. The first-order valence-electron chi connectivity index (χ1n) is 7.48. The zero-order valence-electron chi connectivity index (χ0n) is 12.9. The van der Waals surface area contributed by atoms with E-state index in [1.807, 2.05) is 17.0 Å². The van der Waals surface area contributed by atoms with Crippen LogP contribution in [0.25, 0.3) is 5.57 Å². The van der Waals surface area contributed by atoms with Gasteiger partial charge in [0.25, 0.3) is 0 Å². The number of carbonyl (C=O) groups is 2. The summed E-state index contributed by atoms with van der Waals surface area (Å²) in [5.74, 6) is -0.0776. The topological polar surface area (TPSA) is 81.7 Å². The average molecular weight is 315 g/mol. The van der Waals surface area contributed by atoms with Gasteiger partial charge in [0.2, 0.25) is 5.91 Å². The molecular weight excluding hydrogens is 294 g/mol. The first-order valence-corrected chi connectivity index (χ1v) is 7.48. The van der Waals surface area contributed by atoms with E-state index in [-0.39, 0.29) is 18.2 Å². The Balaban J connectivity index is 1.81. The Labute approximate surface area is 135 Å². The summed E-state index contributed by atoms with van der Waals surface area (Å²) in [6.45, 7) is 5.38. The van der Waals surface area contributed by atoms with E-state index in [1.54, 1.807) is 18.2 Å². The molecule has 6 nitrogen and oxygen atoms in total. The van der Waals surface area contributed by atoms with E-state index in [1.165, 1.54) is 5.57 Å². The lowest BCUT2D eigenvalue weighted by molar-refractivity contribution is -0.121. The predicted molar refractivity (Wildman–Crippen MR) is 88.9 cm³/mol. The van der Waals surface area contributed by atoms with Crippen LogP contribution in [0.2, 0.25) is 0 Å². The van der Waals surface area contributed by atoms with E-state index in [9.17, 15) is 14.7 Å². The number of aromatic hydroxyl groups is 1. The highest BCUT2D eigenvalue weighted by Crippen LogP contribution is 2.23. The van der Waals surface area contributed by atoms with Crippen LogP contribution in [0.4, 0.5) is 4.79 Å². The molecular formula is C17H21N3O3. The second kappa shape index (κ2) is 8.14. The van der Waals surface area contributed by atoms with Gasteiger partial charge in [0.05, 0.1) is 6.54 Å². The van der Waals surface area contributed by atoms with Crippen molar-refractivity contribution >= 4 is 17.5 Å². The van der Waals surface area contributed by atoms with Crippen LogP contribution in [0, 0.1) is 0 Å². The molecule has 1 aliphatic heterocycles. The lowest BCUT2D eigenvalue weighted by atomic mass is 9.99. The Bertz CT molecular complexity index is 608. The summed E-state index contributed by atoms with van der Waals surface area (Å²) in [7, 11) is 0. The minimum absolute atomic E-state index is 0.181. The summed E-state index contributed by atoms with van der Waals surface area (Å²) in [4.78, 5) is 25.1. The molecule has 23 heavy (non-hydrogen) atoms. The van der Waals surface area contributed by atoms with Crippen molar-refractivity contribution in [1.82, 2.24) is 15.5 Å². The molecule has 2 rings (SSSR count). The van der Waals surface area contributed by atoms with E-state index in [0.717, 1.165) is 18.5 Å². The Kier molecular flexibility index (Phi) is 5.94. The Morgan fingerprint density at radius 1 is 1.30 bits per heavy atom. The SMILES string of the molecule is C=CCNC(=O)NC(=O)CN1CC=C(c2ccc(O)cc2)CC1. The first-order chi connectivity index (χ1) is 11.1. The molecule has 0 saturated carbocycles. The third-order valence-electron chi connectivity index (χ3n) is 3.56. The minimum Gasteiger partial charge on any atom is -0.508 e. The summed E-state index contributed by atoms with van der Waals surface area (Å²) in [5.41, 5.74) is 2.28. The van der Waals surface area contributed by atoms with Crippen molar-refractivity contribution in [3.8, 4) is 5.75 Å². The van der Waals surface area contributed by atoms with E-state index >= 15 is 0 Å². The molecule has 1 aromatic carbocycles. The number of benzene rings is 1. The molecule has 1 aliphatic rings. The Morgan fingerprint density at radius 3 is 2.65 bits per heavy atom. The molecule has 3 amide bonds. The van der Waals surface area contributed by atoms with Crippen LogP contribution in [0.15, 0.2) is 43.0 Å². The van der Waals surface area contributed by atoms with Crippen molar-refractivity contribution in [2.24, 2.45) is 0 Å². The molecule has 0 aromatic heterocycles. The summed E-state index contributed by atoms with van der Waals surface area (Å²) in [6.07, 6.45) is 4.44. The number of nitrogens with zero attached hydrogens (tertiary/aromatic N) is 1. The van der Waals surface area contributed by atoms with Gasteiger partial charge >= 0.3 is 6.03 Å². The van der Waals surface area contributed by atoms with Crippen molar-refractivity contribution in [2.75, 3.05) is 26.2 Å². The number of carbonyl (C=O) groups excluding carboxylic acids is 2. The standard InChI is InChI=1S/C17H21N3O3/c1-2-9-18-17(23)19-16(22)12-20-10-7-14(8-11-20)13-3-5-15(21)6-4-13/h2-7,21H,1,8-12H2,(H2,18,19,22,23). The number of nitrogens with one attached hydrogen (secondary N) is 2. The van der Waals surface area contributed by atoms with Crippen LogP contribution in [-0.4, -0.2) is 48.1 Å². The molecule has 3 N–H and O–H groups in total. The summed E-state index contributed by atoms with van der Waals surface area (Å²) < 4.78 is 0. The van der Waals surface area contributed by atoms with E-state index < -0.39 is 6.03 Å². The molecule has 0 unspecified atom stereocenters. The van der Waals surface area contributed by atoms with E-state index in [2.05, 4.69) is 23.3 Å². The lowest BCUT2D eigenvalue weighted by Crippen LogP contribution is -2.45. The van der Waals surface area contributed by atoms with E-state index in [0.29, 0.717) is 13.1 Å². The fraction of sp³-hybridized carbons (Fsp3) is 0.294. The second-order valence-electron chi connectivity index (χ2n) is 5.31. The van der Waals surface area contributed by atoms with Crippen LogP contribution < -0.4 is 10.6 Å². The van der Waals surface area contributed by atoms with E-state index in [4.69, 9.17) is 0 Å². The molecule has 0 atom stereocenters. The van der Waals surface area contributed by atoms with Crippen molar-refractivity contribution in [1.29, 1.82) is 0 Å².